The molecule has 1 heterocycles. The van der Waals surface area contributed by atoms with Gasteiger partial charge in [0.15, 0.2) is 0 Å². The summed E-state index contributed by atoms with van der Waals surface area (Å²) >= 11 is 11.7. The van der Waals surface area contributed by atoms with Crippen LogP contribution in [-0.2, 0) is 6.54 Å². The van der Waals surface area contributed by atoms with Gasteiger partial charge in [0.2, 0.25) is 0 Å². The first kappa shape index (κ1) is 10.6. The summed E-state index contributed by atoms with van der Waals surface area (Å²) in [4.78, 5) is 0. The Bertz CT molecular complexity index is 511. The summed E-state index contributed by atoms with van der Waals surface area (Å²) in [6, 6.07) is 7.95. The van der Waals surface area contributed by atoms with E-state index in [1.807, 2.05) is 31.3 Å². The molecule has 0 fully saturated rings. The second-order valence-electron chi connectivity index (χ2n) is 3.57. The van der Waals surface area contributed by atoms with E-state index in [0.717, 1.165) is 28.0 Å². The van der Waals surface area contributed by atoms with Crippen molar-refractivity contribution in [1.82, 2.24) is 4.57 Å². The van der Waals surface area contributed by atoms with E-state index in [2.05, 4.69) is 10.6 Å². The number of fused-ring (bicyclic) bond motifs is 1. The van der Waals surface area contributed by atoms with E-state index >= 15 is 0 Å². The van der Waals surface area contributed by atoms with E-state index < -0.39 is 0 Å². The van der Waals surface area contributed by atoms with Gasteiger partial charge in [-0.15, -0.1) is 0 Å². The quantitative estimate of drug-likeness (QED) is 0.731. The molecule has 1 aromatic carbocycles. The van der Waals surface area contributed by atoms with Crippen LogP contribution in [0.25, 0.3) is 10.9 Å². The van der Waals surface area contributed by atoms with Crippen LogP contribution in [0.5, 0.6) is 0 Å². The molecule has 0 spiro atoms. The maximum absolute atomic E-state index is 6.09. The lowest BCUT2D eigenvalue weighted by molar-refractivity contribution is 0.821. The maximum atomic E-state index is 6.09. The van der Waals surface area contributed by atoms with Crippen molar-refractivity contribution < 1.29 is 0 Å². The minimum absolute atomic E-state index is 0.791. The average Bonchev–Trinajstić information content (AvgIpc) is 2.63. The first-order valence-electron chi connectivity index (χ1n) is 4.71. The summed E-state index contributed by atoms with van der Waals surface area (Å²) in [6.45, 7) is 2.80. The lowest BCUT2D eigenvalue weighted by Gasteiger charge is -2.04. The highest BCUT2D eigenvalue weighted by atomic mass is 35.5. The van der Waals surface area contributed by atoms with Crippen LogP contribution in [0.2, 0.25) is 5.02 Å². The fourth-order valence-corrected chi connectivity index (χ4v) is 1.93. The van der Waals surface area contributed by atoms with E-state index in [1.165, 1.54) is 0 Å². The highest BCUT2D eigenvalue weighted by Crippen LogP contribution is 2.24. The van der Waals surface area contributed by atoms with Gasteiger partial charge in [-0.2, -0.15) is 0 Å². The normalized spacial score (nSPS) is 12.3. The summed E-state index contributed by atoms with van der Waals surface area (Å²) in [5.74, 6) is 0. The molecule has 0 saturated heterocycles. The Kier molecular flexibility index (Phi) is 3.03. The predicted molar refractivity (Wildman–Crippen MR) is 66.6 cm³/mol. The second kappa shape index (κ2) is 4.30. The SMILES string of the molecule is C/C(=C/Cl)Cn1ccc2c(Cl)cccc21. The van der Waals surface area contributed by atoms with Gasteiger partial charge in [0.25, 0.3) is 0 Å². The average molecular weight is 240 g/mol. The van der Waals surface area contributed by atoms with Crippen LogP contribution in [0.4, 0.5) is 0 Å². The van der Waals surface area contributed by atoms with Crippen molar-refractivity contribution in [1.29, 1.82) is 0 Å². The Morgan fingerprint density at radius 2 is 2.20 bits per heavy atom. The van der Waals surface area contributed by atoms with Gasteiger partial charge in [-0.1, -0.05) is 29.3 Å². The number of rotatable bonds is 2. The monoisotopic (exact) mass is 239 g/mol. The first-order chi connectivity index (χ1) is 7.22. The number of hydrogen-bond acceptors (Lipinski definition) is 0. The molecule has 0 N–H and O–H groups in total. The molecule has 1 nitrogen and oxygen atoms in total. The topological polar surface area (TPSA) is 4.93 Å². The molecule has 0 aliphatic heterocycles. The molecule has 0 aliphatic rings. The zero-order chi connectivity index (χ0) is 10.8. The van der Waals surface area contributed by atoms with Crippen molar-refractivity contribution in [2.45, 2.75) is 13.5 Å². The maximum Gasteiger partial charge on any atom is 0.0499 e. The van der Waals surface area contributed by atoms with Gasteiger partial charge in [0.1, 0.15) is 0 Å². The third kappa shape index (κ3) is 2.04. The number of allylic oxidation sites excluding steroid dienone is 1. The number of nitrogens with zero attached hydrogens (tertiary/aromatic N) is 1. The Morgan fingerprint density at radius 3 is 2.93 bits per heavy atom. The van der Waals surface area contributed by atoms with Gasteiger partial charge in [0, 0.05) is 34.2 Å². The Hall–Kier alpha value is -0.920. The fourth-order valence-electron chi connectivity index (χ4n) is 1.63. The molecule has 0 atom stereocenters. The minimum Gasteiger partial charge on any atom is -0.343 e. The molecule has 2 rings (SSSR count). The first-order valence-corrected chi connectivity index (χ1v) is 5.53. The summed E-state index contributed by atoms with van der Waals surface area (Å²) in [5.41, 5.74) is 3.87. The highest BCUT2D eigenvalue weighted by Gasteiger charge is 2.03. The van der Waals surface area contributed by atoms with Gasteiger partial charge in [0.05, 0.1) is 0 Å². The van der Waals surface area contributed by atoms with Crippen molar-refractivity contribution in [3.63, 3.8) is 0 Å². The molecule has 2 aromatic rings. The van der Waals surface area contributed by atoms with E-state index in [9.17, 15) is 0 Å². The van der Waals surface area contributed by atoms with Crippen molar-refractivity contribution in [3.8, 4) is 0 Å². The van der Waals surface area contributed by atoms with Crippen LogP contribution in [0.1, 0.15) is 6.92 Å². The lowest BCUT2D eigenvalue weighted by atomic mass is 10.2. The molecule has 1 aromatic heterocycles. The van der Waals surface area contributed by atoms with Crippen molar-refractivity contribution in [3.05, 3.63) is 46.6 Å². The van der Waals surface area contributed by atoms with E-state index in [4.69, 9.17) is 23.2 Å². The minimum atomic E-state index is 0.791. The largest absolute Gasteiger partial charge is 0.343 e. The number of halogens is 2. The molecule has 0 saturated carbocycles. The highest BCUT2D eigenvalue weighted by molar-refractivity contribution is 6.35. The van der Waals surface area contributed by atoms with Gasteiger partial charge in [-0.3, -0.25) is 0 Å². The Balaban J connectivity index is 2.50. The van der Waals surface area contributed by atoms with Gasteiger partial charge in [-0.25, -0.2) is 0 Å². The van der Waals surface area contributed by atoms with Crippen molar-refractivity contribution in [2.24, 2.45) is 0 Å². The zero-order valence-electron chi connectivity index (χ0n) is 8.37. The van der Waals surface area contributed by atoms with Crippen LogP contribution in [0.3, 0.4) is 0 Å². The van der Waals surface area contributed by atoms with Crippen LogP contribution < -0.4 is 0 Å². The number of hydrogen-bond donors (Lipinski definition) is 0. The zero-order valence-corrected chi connectivity index (χ0v) is 9.89. The predicted octanol–water partition coefficient (Wildman–Crippen LogP) is 4.44. The van der Waals surface area contributed by atoms with Gasteiger partial charge < -0.3 is 4.57 Å². The van der Waals surface area contributed by atoms with E-state index in [1.54, 1.807) is 5.54 Å². The van der Waals surface area contributed by atoms with E-state index in [0.29, 0.717) is 0 Å². The third-order valence-electron chi connectivity index (χ3n) is 2.37. The van der Waals surface area contributed by atoms with Crippen LogP contribution in [0, 0.1) is 0 Å². The standard InChI is InChI=1S/C12H11Cl2N/c1-9(7-13)8-15-6-5-10-11(14)3-2-4-12(10)15/h2-7H,8H2,1H3/b9-7-. The van der Waals surface area contributed by atoms with Crippen molar-refractivity contribution >= 4 is 34.1 Å². The van der Waals surface area contributed by atoms with Crippen LogP contribution in [0.15, 0.2) is 41.6 Å². The third-order valence-corrected chi connectivity index (χ3v) is 3.07. The molecular formula is C12H11Cl2N. The fraction of sp³-hybridized carbons (Fsp3) is 0.167. The summed E-state index contributed by atoms with van der Waals surface area (Å²) in [6.07, 6.45) is 2.03. The molecule has 0 unspecified atom stereocenters. The van der Waals surface area contributed by atoms with Crippen molar-refractivity contribution in [2.75, 3.05) is 0 Å². The molecular weight excluding hydrogens is 229 g/mol. The molecule has 15 heavy (non-hydrogen) atoms. The summed E-state index contributed by atoms with van der Waals surface area (Å²) in [7, 11) is 0. The molecule has 0 aliphatic carbocycles. The van der Waals surface area contributed by atoms with Crippen LogP contribution in [-0.4, -0.2) is 4.57 Å². The van der Waals surface area contributed by atoms with Gasteiger partial charge >= 0.3 is 0 Å². The lowest BCUT2D eigenvalue weighted by Crippen LogP contribution is -1.96. The molecule has 3 heteroatoms. The smallest absolute Gasteiger partial charge is 0.0499 e. The Morgan fingerprint density at radius 1 is 1.40 bits per heavy atom. The second-order valence-corrected chi connectivity index (χ2v) is 4.20. The summed E-state index contributed by atoms with van der Waals surface area (Å²) in [5, 5.41) is 1.88. The molecule has 0 amide bonds. The molecule has 78 valence electrons. The molecule has 0 radical (unpaired) electrons. The number of aromatic nitrogens is 1. The Labute approximate surface area is 98.9 Å². The molecule has 0 bridgehead atoms. The number of benzene rings is 1. The van der Waals surface area contributed by atoms with Gasteiger partial charge in [-0.05, 0) is 30.7 Å². The van der Waals surface area contributed by atoms with Crippen LogP contribution >= 0.6 is 23.2 Å². The van der Waals surface area contributed by atoms with E-state index in [-0.39, 0.29) is 0 Å². The summed E-state index contributed by atoms with van der Waals surface area (Å²) < 4.78 is 2.13.